The normalized spacial score (nSPS) is 10.2. The Morgan fingerprint density at radius 3 is 2.42 bits per heavy atom. The molecule has 2 aromatic carbocycles. The van der Waals surface area contributed by atoms with Gasteiger partial charge in [-0.05, 0) is 48.4 Å². The quantitative estimate of drug-likeness (QED) is 0.914. The Balaban J connectivity index is 2.38. The molecule has 0 fully saturated rings. The van der Waals surface area contributed by atoms with Crippen LogP contribution < -0.4 is 4.74 Å². The molecule has 3 nitrogen and oxygen atoms in total. The van der Waals surface area contributed by atoms with Gasteiger partial charge in [0.25, 0.3) is 0 Å². The van der Waals surface area contributed by atoms with E-state index in [9.17, 15) is 4.79 Å². The van der Waals surface area contributed by atoms with Crippen LogP contribution in [0.1, 0.15) is 17.3 Å². The summed E-state index contributed by atoms with van der Waals surface area (Å²) in [7, 11) is 0. The van der Waals surface area contributed by atoms with Crippen LogP contribution in [-0.2, 0) is 0 Å². The average molecular weight is 277 g/mol. The molecule has 2 aromatic rings. The monoisotopic (exact) mass is 276 g/mol. The first-order chi connectivity index (χ1) is 9.10. The molecule has 0 saturated heterocycles. The van der Waals surface area contributed by atoms with E-state index in [2.05, 4.69) is 0 Å². The van der Waals surface area contributed by atoms with Gasteiger partial charge < -0.3 is 9.84 Å². The molecule has 0 atom stereocenters. The molecular weight excluding hydrogens is 264 g/mol. The molecule has 4 heteroatoms. The summed E-state index contributed by atoms with van der Waals surface area (Å²) < 4.78 is 5.36. The SMILES string of the molecule is CCOc1ccc(-c2cc(Cl)cc(C(=O)O)c2)cc1. The summed E-state index contributed by atoms with van der Waals surface area (Å²) in [6, 6.07) is 12.2. The van der Waals surface area contributed by atoms with Gasteiger partial charge >= 0.3 is 5.97 Å². The van der Waals surface area contributed by atoms with E-state index in [1.165, 1.54) is 6.07 Å². The second-order valence-corrected chi connectivity index (χ2v) is 4.43. The second kappa shape index (κ2) is 5.76. The predicted octanol–water partition coefficient (Wildman–Crippen LogP) is 4.10. The summed E-state index contributed by atoms with van der Waals surface area (Å²) in [4.78, 5) is 11.0. The minimum absolute atomic E-state index is 0.177. The van der Waals surface area contributed by atoms with E-state index in [-0.39, 0.29) is 5.56 Å². The molecule has 0 aromatic heterocycles. The summed E-state index contributed by atoms with van der Waals surface area (Å²) in [6.45, 7) is 2.53. The highest BCUT2D eigenvalue weighted by atomic mass is 35.5. The van der Waals surface area contributed by atoms with Gasteiger partial charge in [0.05, 0.1) is 12.2 Å². The zero-order valence-electron chi connectivity index (χ0n) is 10.4. The van der Waals surface area contributed by atoms with E-state index in [1.807, 2.05) is 31.2 Å². The van der Waals surface area contributed by atoms with Crippen LogP contribution in [0.15, 0.2) is 42.5 Å². The Labute approximate surface area is 116 Å². The zero-order chi connectivity index (χ0) is 13.8. The molecule has 0 amide bonds. The van der Waals surface area contributed by atoms with E-state index in [0.717, 1.165) is 16.9 Å². The van der Waals surface area contributed by atoms with Crippen LogP contribution in [0.4, 0.5) is 0 Å². The Bertz CT molecular complexity index is 591. The van der Waals surface area contributed by atoms with Crippen molar-refractivity contribution in [1.82, 2.24) is 0 Å². The number of halogens is 1. The molecule has 0 heterocycles. The number of carboxylic acids is 1. The fourth-order valence-corrected chi connectivity index (χ4v) is 2.03. The van der Waals surface area contributed by atoms with Gasteiger partial charge in [-0.25, -0.2) is 4.79 Å². The molecular formula is C15H13ClO3. The minimum Gasteiger partial charge on any atom is -0.494 e. The molecule has 1 N–H and O–H groups in total. The third-order valence-electron chi connectivity index (χ3n) is 2.64. The molecule has 0 aliphatic heterocycles. The molecule has 0 aliphatic carbocycles. The second-order valence-electron chi connectivity index (χ2n) is 3.99. The smallest absolute Gasteiger partial charge is 0.335 e. The third-order valence-corrected chi connectivity index (χ3v) is 2.86. The van der Waals surface area contributed by atoms with E-state index >= 15 is 0 Å². The molecule has 0 spiro atoms. The molecule has 0 unspecified atom stereocenters. The van der Waals surface area contributed by atoms with Crippen LogP contribution in [0.5, 0.6) is 5.75 Å². The van der Waals surface area contributed by atoms with Crippen molar-refractivity contribution in [2.75, 3.05) is 6.61 Å². The van der Waals surface area contributed by atoms with Crippen LogP contribution in [-0.4, -0.2) is 17.7 Å². The van der Waals surface area contributed by atoms with E-state index in [0.29, 0.717) is 11.6 Å². The lowest BCUT2D eigenvalue weighted by Crippen LogP contribution is -1.96. The van der Waals surface area contributed by atoms with Crippen molar-refractivity contribution in [3.05, 3.63) is 53.1 Å². The molecule has 2 rings (SSSR count). The lowest BCUT2D eigenvalue weighted by Gasteiger charge is -2.07. The topological polar surface area (TPSA) is 46.5 Å². The van der Waals surface area contributed by atoms with Crippen molar-refractivity contribution in [2.45, 2.75) is 6.92 Å². The first-order valence-electron chi connectivity index (χ1n) is 5.87. The van der Waals surface area contributed by atoms with Gasteiger partial charge in [0.15, 0.2) is 0 Å². The van der Waals surface area contributed by atoms with Gasteiger partial charge in [-0.3, -0.25) is 0 Å². The van der Waals surface area contributed by atoms with Crippen molar-refractivity contribution in [3.63, 3.8) is 0 Å². The number of aromatic carboxylic acids is 1. The fraction of sp³-hybridized carbons (Fsp3) is 0.133. The molecule has 98 valence electrons. The van der Waals surface area contributed by atoms with Crippen LogP contribution in [0.2, 0.25) is 5.02 Å². The van der Waals surface area contributed by atoms with Crippen molar-refractivity contribution >= 4 is 17.6 Å². The van der Waals surface area contributed by atoms with E-state index in [4.69, 9.17) is 21.4 Å². The highest BCUT2D eigenvalue weighted by molar-refractivity contribution is 6.31. The van der Waals surface area contributed by atoms with Crippen LogP contribution in [0, 0.1) is 0 Å². The maximum Gasteiger partial charge on any atom is 0.335 e. The lowest BCUT2D eigenvalue weighted by atomic mass is 10.0. The van der Waals surface area contributed by atoms with Gasteiger partial charge in [-0.15, -0.1) is 0 Å². The van der Waals surface area contributed by atoms with Crippen LogP contribution in [0.3, 0.4) is 0 Å². The summed E-state index contributed by atoms with van der Waals surface area (Å²) in [5, 5.41) is 9.42. The van der Waals surface area contributed by atoms with Gasteiger partial charge in [-0.2, -0.15) is 0 Å². The van der Waals surface area contributed by atoms with Gasteiger partial charge in [0, 0.05) is 5.02 Å². The number of carboxylic acid groups (broad SMARTS) is 1. The highest BCUT2D eigenvalue weighted by Crippen LogP contribution is 2.26. The maximum atomic E-state index is 11.0. The van der Waals surface area contributed by atoms with Crippen molar-refractivity contribution < 1.29 is 14.6 Å². The summed E-state index contributed by atoms with van der Waals surface area (Å²) in [6.07, 6.45) is 0. The maximum absolute atomic E-state index is 11.0. The van der Waals surface area contributed by atoms with Crippen LogP contribution in [0.25, 0.3) is 11.1 Å². The largest absolute Gasteiger partial charge is 0.494 e. The first-order valence-corrected chi connectivity index (χ1v) is 6.25. The average Bonchev–Trinajstić information content (AvgIpc) is 2.39. The number of rotatable bonds is 4. The van der Waals surface area contributed by atoms with E-state index in [1.54, 1.807) is 12.1 Å². The molecule has 0 aliphatic rings. The number of hydrogen-bond donors (Lipinski definition) is 1. The first kappa shape index (κ1) is 13.4. The molecule has 0 bridgehead atoms. The Morgan fingerprint density at radius 1 is 1.16 bits per heavy atom. The molecule has 0 saturated carbocycles. The summed E-state index contributed by atoms with van der Waals surface area (Å²) in [5.74, 6) is -0.207. The Morgan fingerprint density at radius 2 is 1.84 bits per heavy atom. The number of benzene rings is 2. The van der Waals surface area contributed by atoms with Crippen molar-refractivity contribution in [3.8, 4) is 16.9 Å². The number of ether oxygens (including phenoxy) is 1. The third kappa shape index (κ3) is 3.26. The molecule has 0 radical (unpaired) electrons. The van der Waals surface area contributed by atoms with Gasteiger partial charge in [0.2, 0.25) is 0 Å². The van der Waals surface area contributed by atoms with Crippen molar-refractivity contribution in [2.24, 2.45) is 0 Å². The van der Waals surface area contributed by atoms with E-state index < -0.39 is 5.97 Å². The van der Waals surface area contributed by atoms with Gasteiger partial charge in [-0.1, -0.05) is 23.7 Å². The van der Waals surface area contributed by atoms with Gasteiger partial charge in [0.1, 0.15) is 5.75 Å². The fourth-order valence-electron chi connectivity index (χ4n) is 1.79. The minimum atomic E-state index is -0.991. The zero-order valence-corrected chi connectivity index (χ0v) is 11.1. The predicted molar refractivity (Wildman–Crippen MR) is 75.0 cm³/mol. The Hall–Kier alpha value is -2.00. The summed E-state index contributed by atoms with van der Waals surface area (Å²) >= 11 is 5.94. The molecule has 19 heavy (non-hydrogen) atoms. The highest BCUT2D eigenvalue weighted by Gasteiger charge is 2.07. The van der Waals surface area contributed by atoms with Crippen LogP contribution >= 0.6 is 11.6 Å². The number of carbonyl (C=O) groups is 1. The lowest BCUT2D eigenvalue weighted by molar-refractivity contribution is 0.0697. The number of hydrogen-bond acceptors (Lipinski definition) is 2. The van der Waals surface area contributed by atoms with Crippen molar-refractivity contribution in [1.29, 1.82) is 0 Å². The summed E-state index contributed by atoms with van der Waals surface area (Å²) in [5.41, 5.74) is 1.85. The standard InChI is InChI=1S/C15H13ClO3/c1-2-19-14-5-3-10(4-6-14)11-7-12(15(17)18)9-13(16)8-11/h3-9H,2H2,1H3,(H,17,18). The Kier molecular flexibility index (Phi) is 4.07.